The van der Waals surface area contributed by atoms with Crippen LogP contribution >= 0.6 is 48.0 Å². The quantitative estimate of drug-likeness (QED) is 0.157. The van der Waals surface area contributed by atoms with Crippen molar-refractivity contribution >= 4 is 72.8 Å². The summed E-state index contributed by atoms with van der Waals surface area (Å²) < 4.78 is 1.26. The van der Waals surface area contributed by atoms with Gasteiger partial charge < -0.3 is 0 Å². The van der Waals surface area contributed by atoms with Gasteiger partial charge in [0.05, 0.1) is 0 Å². The van der Waals surface area contributed by atoms with Crippen LogP contribution in [-0.2, 0) is 35.1 Å². The van der Waals surface area contributed by atoms with E-state index in [0.717, 1.165) is 27.6 Å². The standard InChI is InChI=1S/C23H29.C13H8Cl2.C5H5.2ClH.Zr/c1-14-9-16-11-17-10-15(2)21(23(6,7)8)13-19(17)18(16)12-20(14)22(3,4)5;14-12-5-1-3-10(8-12)7-11-4-2-6-13(15)9-11;1-2-4-5-3-1;;;/h9-13H,1-8H3;1-6,8-9H;1-3H,4H2;2*1H;/q-1;;-1;;;+2. The molecule has 0 bridgehead atoms. The summed E-state index contributed by atoms with van der Waals surface area (Å²) in [6.45, 7) is 18.3. The van der Waals surface area contributed by atoms with Gasteiger partial charge in [0.25, 0.3) is 0 Å². The molecule has 240 valence electrons. The zero-order valence-corrected chi connectivity index (χ0v) is 33.6. The van der Waals surface area contributed by atoms with Crippen molar-refractivity contribution in [3.05, 3.63) is 147 Å². The first-order valence-electron chi connectivity index (χ1n) is 15.1. The van der Waals surface area contributed by atoms with Crippen LogP contribution in [0.2, 0.25) is 10.0 Å². The molecule has 0 amide bonds. The van der Waals surface area contributed by atoms with E-state index in [-0.39, 0.29) is 35.6 Å². The molecule has 46 heavy (non-hydrogen) atoms. The fraction of sp³-hybridized carbons (Fsp3) is 0.268. The van der Waals surface area contributed by atoms with Gasteiger partial charge in [-0.2, -0.15) is 6.08 Å². The minimum absolute atomic E-state index is 0. The molecule has 5 heteroatoms. The molecule has 0 saturated heterocycles. The molecule has 0 atom stereocenters. The van der Waals surface area contributed by atoms with Gasteiger partial charge in [-0.1, -0.05) is 75.9 Å². The molecule has 0 aromatic heterocycles. The number of fused-ring (bicyclic) bond motifs is 3. The zero-order chi connectivity index (χ0) is 32.2. The fourth-order valence-electron chi connectivity index (χ4n) is 5.74. The minimum Gasteiger partial charge on any atom is -0.273 e. The number of allylic oxidation sites excluding steroid dienone is 4. The van der Waals surface area contributed by atoms with Crippen molar-refractivity contribution in [1.29, 1.82) is 0 Å². The molecule has 0 heterocycles. The van der Waals surface area contributed by atoms with E-state index in [4.69, 9.17) is 23.2 Å². The summed E-state index contributed by atoms with van der Waals surface area (Å²) in [5.41, 5.74) is 8.38. The number of halogens is 4. The zero-order valence-electron chi connectivity index (χ0n) is 28.0. The van der Waals surface area contributed by atoms with Crippen LogP contribution < -0.4 is 0 Å². The molecule has 0 fully saturated rings. The summed E-state index contributed by atoms with van der Waals surface area (Å²) in [6, 6.07) is 27.7. The Labute approximate surface area is 313 Å². The van der Waals surface area contributed by atoms with Crippen LogP contribution in [0.5, 0.6) is 0 Å². The average Bonchev–Trinajstić information content (AvgIpc) is 3.62. The van der Waals surface area contributed by atoms with Crippen LogP contribution in [0.25, 0.3) is 21.5 Å². The maximum Gasteiger partial charge on any atom is -0.109 e. The summed E-state index contributed by atoms with van der Waals surface area (Å²) >= 11 is 13.3. The second-order valence-electron chi connectivity index (χ2n) is 13.6. The van der Waals surface area contributed by atoms with Crippen molar-refractivity contribution in [2.75, 3.05) is 0 Å². The third-order valence-corrected chi connectivity index (χ3v) is 9.71. The molecule has 5 aromatic rings. The van der Waals surface area contributed by atoms with Crippen LogP contribution in [0.4, 0.5) is 0 Å². The van der Waals surface area contributed by atoms with Crippen LogP contribution in [0.3, 0.4) is 0 Å². The number of hydrogen-bond acceptors (Lipinski definition) is 0. The largest absolute Gasteiger partial charge is 0.273 e. The van der Waals surface area contributed by atoms with Crippen molar-refractivity contribution in [3.8, 4) is 0 Å². The Morgan fingerprint density at radius 1 is 0.696 bits per heavy atom. The van der Waals surface area contributed by atoms with Crippen molar-refractivity contribution in [2.24, 2.45) is 0 Å². The van der Waals surface area contributed by atoms with Crippen LogP contribution in [0, 0.1) is 19.9 Å². The smallest absolute Gasteiger partial charge is 0.109 e. The molecule has 1 aliphatic rings. The van der Waals surface area contributed by atoms with Gasteiger partial charge in [0.15, 0.2) is 0 Å². The van der Waals surface area contributed by atoms with Crippen molar-refractivity contribution in [1.82, 2.24) is 0 Å². The second kappa shape index (κ2) is 17.0. The van der Waals surface area contributed by atoms with Gasteiger partial charge >= 0.3 is 120 Å². The number of rotatable bonds is 2. The predicted octanol–water partition coefficient (Wildman–Crippen LogP) is 13.2. The first-order chi connectivity index (χ1) is 20.6. The fourth-order valence-corrected chi connectivity index (χ4v) is 6.89. The van der Waals surface area contributed by atoms with E-state index in [0.29, 0.717) is 0 Å². The number of aryl methyl sites for hydroxylation is 2. The molecule has 1 aliphatic carbocycles. The molecule has 0 unspecified atom stereocenters. The van der Waals surface area contributed by atoms with Crippen LogP contribution in [0.1, 0.15) is 81.3 Å². The predicted molar refractivity (Wildman–Crippen MR) is 206 cm³/mol. The molecule has 0 N–H and O–H groups in total. The summed E-state index contributed by atoms with van der Waals surface area (Å²) in [7, 11) is 0. The summed E-state index contributed by atoms with van der Waals surface area (Å²) in [4.78, 5) is 0. The van der Waals surface area contributed by atoms with Crippen molar-refractivity contribution < 1.29 is 24.2 Å². The Hall–Kier alpha value is -1.86. The maximum atomic E-state index is 5.98. The summed E-state index contributed by atoms with van der Waals surface area (Å²) in [6.07, 6.45) is 10.0. The molecule has 0 radical (unpaired) electrons. The molecule has 0 aliphatic heterocycles. The monoisotopic (exact) mass is 766 g/mol. The second-order valence-corrected chi connectivity index (χ2v) is 15.7. The van der Waals surface area contributed by atoms with E-state index in [1.165, 1.54) is 71.2 Å². The van der Waals surface area contributed by atoms with Gasteiger partial charge in [-0.15, -0.1) is 71.0 Å². The Morgan fingerprint density at radius 2 is 1.13 bits per heavy atom. The van der Waals surface area contributed by atoms with Gasteiger partial charge in [-0.05, 0) is 24.7 Å². The van der Waals surface area contributed by atoms with Gasteiger partial charge in [0.2, 0.25) is 0 Å². The normalized spacial score (nSPS) is 12.1. The van der Waals surface area contributed by atoms with Crippen LogP contribution in [-0.4, -0.2) is 3.21 Å². The van der Waals surface area contributed by atoms with Crippen molar-refractivity contribution in [2.45, 2.75) is 72.6 Å². The Kier molecular flexibility index (Phi) is 14.9. The molecule has 0 saturated carbocycles. The topological polar surface area (TPSA) is 0 Å². The maximum absolute atomic E-state index is 5.98. The molecular weight excluding hydrogens is 725 g/mol. The van der Waals surface area contributed by atoms with Gasteiger partial charge in [-0.3, -0.25) is 6.08 Å². The first-order valence-corrected chi connectivity index (χ1v) is 17.1. The summed E-state index contributed by atoms with van der Waals surface area (Å²) in [5, 5.41) is 7.08. The van der Waals surface area contributed by atoms with E-state index in [1.807, 2.05) is 48.6 Å². The van der Waals surface area contributed by atoms with Gasteiger partial charge in [0, 0.05) is 0 Å². The third-order valence-electron chi connectivity index (χ3n) is 7.82. The van der Waals surface area contributed by atoms with E-state index in [1.54, 1.807) is 0 Å². The average molecular weight is 770 g/mol. The first kappa shape index (κ1) is 40.3. The van der Waals surface area contributed by atoms with Crippen LogP contribution in [0.15, 0.2) is 97.1 Å². The van der Waals surface area contributed by atoms with E-state index in [2.05, 4.69) is 110 Å². The van der Waals surface area contributed by atoms with Crippen molar-refractivity contribution in [3.63, 3.8) is 0 Å². The molecule has 5 aromatic carbocycles. The Morgan fingerprint density at radius 3 is 1.43 bits per heavy atom. The molecule has 6 rings (SSSR count). The SMILES string of the molecule is Cc1cc2[cH-]c3cc(C)c(C(C)(C)C)cc3c2cc1C(C)(C)C.Cl.Cl.Clc1cccc([C](=[Zr+2])c2cccc(Cl)c2)c1.[C-]1=CC=CC1. The third kappa shape index (κ3) is 10.3. The van der Waals surface area contributed by atoms with Gasteiger partial charge in [0.1, 0.15) is 0 Å². The van der Waals surface area contributed by atoms with Gasteiger partial charge in [-0.25, -0.2) is 12.2 Å². The molecule has 0 nitrogen and oxygen atoms in total. The Bertz CT molecular complexity index is 1730. The molecular formula is C41H44Cl4Zr. The molecule has 0 spiro atoms. The van der Waals surface area contributed by atoms with E-state index >= 15 is 0 Å². The van der Waals surface area contributed by atoms with E-state index < -0.39 is 0 Å². The minimum atomic E-state index is 0. The number of benzene rings is 4. The Balaban J connectivity index is 0.000000278. The van der Waals surface area contributed by atoms with E-state index in [9.17, 15) is 0 Å². The number of hydrogen-bond donors (Lipinski definition) is 0. The summed E-state index contributed by atoms with van der Waals surface area (Å²) in [5.74, 6) is 0.